The molecule has 0 amide bonds. The van der Waals surface area contributed by atoms with E-state index in [4.69, 9.17) is 5.26 Å². The lowest BCUT2D eigenvalue weighted by Crippen LogP contribution is -2.16. The quantitative estimate of drug-likeness (QED) is 0.116. The van der Waals surface area contributed by atoms with E-state index in [1.165, 1.54) is 23.1 Å². The zero-order chi connectivity index (χ0) is 33.6. The molecule has 1 N–H and O–H groups in total. The Kier molecular flexibility index (Phi) is 9.33. The Morgan fingerprint density at radius 3 is 1.76 bits per heavy atom. The minimum atomic E-state index is -1.22. The minimum absolute atomic E-state index is 0.274. The van der Waals surface area contributed by atoms with Crippen molar-refractivity contribution in [2.75, 3.05) is 9.80 Å². The van der Waals surface area contributed by atoms with E-state index in [1.54, 1.807) is 17.4 Å². The SMILES string of the molecule is N#C/C(=C\c1ccc(-c2ccc(-c3ccc(N(c4ccccc4)c4ccc(N(C5=CCCC=C5)c5ccccc5)cc4)cc3)s2)s1)C(=O)O. The molecule has 6 aromatic rings. The number of carboxylic acids is 1. The van der Waals surface area contributed by atoms with Crippen LogP contribution in [0.1, 0.15) is 17.7 Å². The van der Waals surface area contributed by atoms with E-state index < -0.39 is 5.97 Å². The summed E-state index contributed by atoms with van der Waals surface area (Å²) in [4.78, 5) is 19.8. The predicted octanol–water partition coefficient (Wildman–Crippen LogP) is 12.0. The van der Waals surface area contributed by atoms with Crippen LogP contribution in [-0.2, 0) is 4.79 Å². The number of rotatable bonds is 10. The average Bonchev–Trinajstić information content (AvgIpc) is 3.84. The Bertz CT molecular complexity index is 2210. The third-order valence-corrected chi connectivity index (χ3v) is 10.5. The second-order valence-corrected chi connectivity index (χ2v) is 13.6. The lowest BCUT2D eigenvalue weighted by Gasteiger charge is -2.29. The molecule has 1 aliphatic carbocycles. The highest BCUT2D eigenvalue weighted by atomic mass is 32.1. The van der Waals surface area contributed by atoms with Gasteiger partial charge in [0.15, 0.2) is 0 Å². The highest BCUT2D eigenvalue weighted by molar-refractivity contribution is 7.24. The van der Waals surface area contributed by atoms with E-state index in [-0.39, 0.29) is 5.57 Å². The van der Waals surface area contributed by atoms with Crippen molar-refractivity contribution < 1.29 is 9.90 Å². The van der Waals surface area contributed by atoms with Gasteiger partial charge in [0.2, 0.25) is 0 Å². The molecule has 0 unspecified atom stereocenters. The number of nitriles is 1. The summed E-state index contributed by atoms with van der Waals surface area (Å²) in [6, 6.07) is 48.1. The Balaban J connectivity index is 1.17. The highest BCUT2D eigenvalue weighted by Crippen LogP contribution is 2.41. The van der Waals surface area contributed by atoms with E-state index >= 15 is 0 Å². The third-order valence-electron chi connectivity index (χ3n) is 8.15. The molecule has 7 rings (SSSR count). The van der Waals surface area contributed by atoms with Crippen LogP contribution in [0.4, 0.5) is 28.4 Å². The summed E-state index contributed by atoms with van der Waals surface area (Å²) in [6.07, 6.45) is 10.3. The number of carbonyl (C=O) groups is 1. The number of allylic oxidation sites excluding steroid dienone is 3. The largest absolute Gasteiger partial charge is 0.477 e. The maximum Gasteiger partial charge on any atom is 0.346 e. The van der Waals surface area contributed by atoms with Gasteiger partial charge < -0.3 is 14.9 Å². The first kappa shape index (κ1) is 31.6. The van der Waals surface area contributed by atoms with Gasteiger partial charge in [0.1, 0.15) is 11.6 Å². The van der Waals surface area contributed by atoms with Crippen LogP contribution in [0, 0.1) is 11.3 Å². The topological polar surface area (TPSA) is 67.6 Å². The summed E-state index contributed by atoms with van der Waals surface area (Å²) in [5, 5.41) is 18.3. The maximum atomic E-state index is 11.2. The van der Waals surface area contributed by atoms with Crippen LogP contribution < -0.4 is 9.80 Å². The van der Waals surface area contributed by atoms with Gasteiger partial charge in [-0.2, -0.15) is 5.26 Å². The van der Waals surface area contributed by atoms with E-state index in [0.717, 1.165) is 66.4 Å². The Labute approximate surface area is 293 Å². The van der Waals surface area contributed by atoms with Crippen molar-refractivity contribution in [2.45, 2.75) is 12.8 Å². The van der Waals surface area contributed by atoms with Gasteiger partial charge in [0.25, 0.3) is 0 Å². The molecule has 2 heterocycles. The van der Waals surface area contributed by atoms with Crippen LogP contribution in [0.5, 0.6) is 0 Å². The molecular weight excluding hydrogens is 643 g/mol. The zero-order valence-electron chi connectivity index (χ0n) is 26.4. The third kappa shape index (κ3) is 7.02. The first-order chi connectivity index (χ1) is 24.1. The summed E-state index contributed by atoms with van der Waals surface area (Å²) in [5.74, 6) is -1.22. The molecule has 2 aromatic heterocycles. The molecule has 4 aromatic carbocycles. The monoisotopic (exact) mass is 673 g/mol. The summed E-state index contributed by atoms with van der Waals surface area (Å²) in [6.45, 7) is 0. The first-order valence-corrected chi connectivity index (χ1v) is 17.5. The molecule has 0 saturated carbocycles. The smallest absolute Gasteiger partial charge is 0.346 e. The average molecular weight is 674 g/mol. The van der Waals surface area contributed by atoms with Crippen molar-refractivity contribution in [1.29, 1.82) is 5.26 Å². The van der Waals surface area contributed by atoms with Crippen molar-refractivity contribution in [3.05, 3.63) is 168 Å². The van der Waals surface area contributed by atoms with Crippen molar-refractivity contribution in [3.8, 4) is 26.3 Å². The normalized spacial score (nSPS) is 12.6. The second kappa shape index (κ2) is 14.4. The zero-order valence-corrected chi connectivity index (χ0v) is 28.1. The number of benzene rings is 4. The fourth-order valence-electron chi connectivity index (χ4n) is 5.81. The molecule has 238 valence electrons. The van der Waals surface area contributed by atoms with Gasteiger partial charge in [-0.15, -0.1) is 22.7 Å². The molecule has 1 aliphatic rings. The maximum absolute atomic E-state index is 11.2. The summed E-state index contributed by atoms with van der Waals surface area (Å²) in [7, 11) is 0. The lowest BCUT2D eigenvalue weighted by atomic mass is 10.1. The molecule has 0 aliphatic heterocycles. The van der Waals surface area contributed by atoms with Crippen LogP contribution >= 0.6 is 22.7 Å². The fraction of sp³-hybridized carbons (Fsp3) is 0.0476. The van der Waals surface area contributed by atoms with E-state index in [1.807, 2.05) is 24.3 Å². The van der Waals surface area contributed by atoms with Gasteiger partial charge in [-0.05, 0) is 115 Å². The van der Waals surface area contributed by atoms with Crippen LogP contribution in [0.2, 0.25) is 0 Å². The van der Waals surface area contributed by atoms with Gasteiger partial charge in [-0.1, -0.05) is 60.7 Å². The predicted molar refractivity (Wildman–Crippen MR) is 204 cm³/mol. The molecule has 7 heteroatoms. The van der Waals surface area contributed by atoms with Crippen molar-refractivity contribution in [2.24, 2.45) is 0 Å². The number of anilines is 5. The van der Waals surface area contributed by atoms with Crippen LogP contribution in [0.15, 0.2) is 163 Å². The van der Waals surface area contributed by atoms with Crippen LogP contribution in [-0.4, -0.2) is 11.1 Å². The second-order valence-electron chi connectivity index (χ2n) is 11.4. The molecular formula is C42H31N3O2S2. The van der Waals surface area contributed by atoms with Crippen molar-refractivity contribution in [3.63, 3.8) is 0 Å². The van der Waals surface area contributed by atoms with Crippen LogP contribution in [0.25, 0.3) is 26.3 Å². The van der Waals surface area contributed by atoms with Crippen molar-refractivity contribution >= 4 is 63.2 Å². The number of aliphatic carboxylic acids is 1. The number of hydrogen-bond donors (Lipinski definition) is 1. The van der Waals surface area contributed by atoms with E-state index in [0.29, 0.717) is 0 Å². The van der Waals surface area contributed by atoms with E-state index in [9.17, 15) is 9.90 Å². The standard InChI is InChI=1S/C42H31N3O2S2/c43-29-31(42(46)47)28-38-24-25-40(48-38)41-27-26-39(49-41)30-16-18-35(19-17-30)45(34-14-8-3-9-15-34)37-22-20-36(21-23-37)44(32-10-4-1-5-11-32)33-12-6-2-7-13-33/h1,3-6,8-28H,2,7H2,(H,46,47)/b31-28+. The van der Waals surface area contributed by atoms with Gasteiger partial charge in [-0.25, -0.2) is 4.79 Å². The summed E-state index contributed by atoms with van der Waals surface area (Å²) >= 11 is 3.16. The van der Waals surface area contributed by atoms with Crippen LogP contribution in [0.3, 0.4) is 0 Å². The molecule has 0 atom stereocenters. The minimum Gasteiger partial charge on any atom is -0.477 e. The Morgan fingerprint density at radius 2 is 1.16 bits per heavy atom. The van der Waals surface area contributed by atoms with Gasteiger partial charge in [-0.3, -0.25) is 0 Å². The molecule has 0 saturated heterocycles. The summed E-state index contributed by atoms with van der Waals surface area (Å²) in [5.41, 5.74) is 7.44. The number of nitrogens with zero attached hydrogens (tertiary/aromatic N) is 3. The molecule has 0 spiro atoms. The highest BCUT2D eigenvalue weighted by Gasteiger charge is 2.17. The number of carboxylic acid groups (broad SMARTS) is 1. The number of para-hydroxylation sites is 2. The Morgan fingerprint density at radius 1 is 0.633 bits per heavy atom. The Hall–Kier alpha value is -5.94. The van der Waals surface area contributed by atoms with Gasteiger partial charge >= 0.3 is 5.97 Å². The molecule has 5 nitrogen and oxygen atoms in total. The molecule has 0 bridgehead atoms. The van der Waals surface area contributed by atoms with Gasteiger partial charge in [0, 0.05) is 53.6 Å². The number of thiophene rings is 2. The first-order valence-electron chi connectivity index (χ1n) is 15.9. The summed E-state index contributed by atoms with van der Waals surface area (Å²) < 4.78 is 0. The molecule has 0 radical (unpaired) electrons. The van der Waals surface area contributed by atoms with E-state index in [2.05, 4.69) is 137 Å². The fourth-order valence-corrected chi connectivity index (χ4v) is 7.87. The van der Waals surface area contributed by atoms with Gasteiger partial charge in [0.05, 0.1) is 0 Å². The van der Waals surface area contributed by atoms with Crippen molar-refractivity contribution in [1.82, 2.24) is 0 Å². The molecule has 0 fully saturated rings. The molecule has 49 heavy (non-hydrogen) atoms. The number of hydrogen-bond acceptors (Lipinski definition) is 6. The lowest BCUT2D eigenvalue weighted by molar-refractivity contribution is -0.132.